The number of carbonyl (C=O) groups excluding carboxylic acids is 6. The summed E-state index contributed by atoms with van der Waals surface area (Å²) >= 11 is 0. The van der Waals surface area contributed by atoms with Crippen molar-refractivity contribution in [3.05, 3.63) is 11.8 Å². The molecule has 5 atom stereocenters. The van der Waals surface area contributed by atoms with Crippen LogP contribution in [0.15, 0.2) is 11.8 Å². The zero-order chi connectivity index (χ0) is 25.3. The number of amides is 1. The molecular formula is C20H27NO12. The van der Waals surface area contributed by atoms with Crippen LogP contribution < -0.4 is 5.32 Å². The van der Waals surface area contributed by atoms with E-state index in [1.54, 1.807) is 0 Å². The van der Waals surface area contributed by atoms with E-state index in [1.807, 2.05) is 0 Å². The molecule has 1 heterocycles. The summed E-state index contributed by atoms with van der Waals surface area (Å²) in [7, 11) is 1.08. The van der Waals surface area contributed by atoms with E-state index in [1.165, 1.54) is 6.92 Å². The van der Waals surface area contributed by atoms with Gasteiger partial charge in [0.15, 0.2) is 18.3 Å². The van der Waals surface area contributed by atoms with Gasteiger partial charge in [-0.15, -0.1) is 0 Å². The van der Waals surface area contributed by atoms with E-state index >= 15 is 0 Å². The Kier molecular flexibility index (Phi) is 10.3. The molecule has 1 aliphatic heterocycles. The fourth-order valence-corrected chi connectivity index (χ4v) is 3.04. The summed E-state index contributed by atoms with van der Waals surface area (Å²) in [5.41, 5.74) is 0. The Balaban J connectivity index is 3.58. The van der Waals surface area contributed by atoms with Gasteiger partial charge in [0.05, 0.1) is 7.11 Å². The minimum absolute atomic E-state index is 0.415. The van der Waals surface area contributed by atoms with Gasteiger partial charge in [0.25, 0.3) is 0 Å². The van der Waals surface area contributed by atoms with E-state index in [9.17, 15) is 28.8 Å². The van der Waals surface area contributed by atoms with Crippen molar-refractivity contribution in [1.29, 1.82) is 0 Å². The SMILES string of the molecule is COC(=O)C1=CC(OC(C)=O)C(NC(C)=O)C([C@H](OC(C)=O)[C@@H](COC(C)=O)OC(C)=O)O1. The Morgan fingerprint density at radius 3 is 2.00 bits per heavy atom. The van der Waals surface area contributed by atoms with Gasteiger partial charge in [-0.3, -0.25) is 24.0 Å². The van der Waals surface area contributed by atoms with Crippen LogP contribution in [-0.4, -0.2) is 79.9 Å². The maximum atomic E-state index is 12.2. The van der Waals surface area contributed by atoms with E-state index in [2.05, 4.69) is 10.1 Å². The van der Waals surface area contributed by atoms with Crippen LogP contribution in [0.25, 0.3) is 0 Å². The smallest absolute Gasteiger partial charge is 0.373 e. The first-order valence-electron chi connectivity index (χ1n) is 9.74. The summed E-state index contributed by atoms with van der Waals surface area (Å²) in [4.78, 5) is 70.6. The van der Waals surface area contributed by atoms with Gasteiger partial charge in [0.1, 0.15) is 18.8 Å². The molecule has 1 amide bonds. The van der Waals surface area contributed by atoms with Crippen LogP contribution in [-0.2, 0) is 57.2 Å². The standard InChI is InChI=1S/C20H27NO12/c1-9(22)21-17-14(30-11(3)24)7-15(20(27)28-6)33-19(17)18(32-13(5)26)16(31-12(4)25)8-29-10(2)23/h7,14,16-19H,8H2,1-6H3,(H,21,22)/t14?,16-,17?,18-,19?/m1/s1. The highest BCUT2D eigenvalue weighted by Gasteiger charge is 2.49. The molecule has 0 aliphatic carbocycles. The van der Waals surface area contributed by atoms with E-state index in [0.717, 1.165) is 40.9 Å². The van der Waals surface area contributed by atoms with Gasteiger partial charge in [-0.2, -0.15) is 0 Å². The number of carbonyl (C=O) groups is 6. The highest BCUT2D eigenvalue weighted by atomic mass is 16.6. The molecule has 33 heavy (non-hydrogen) atoms. The van der Waals surface area contributed by atoms with Crippen LogP contribution in [0.1, 0.15) is 34.6 Å². The third-order valence-corrected chi connectivity index (χ3v) is 4.11. The first-order chi connectivity index (χ1) is 15.3. The van der Waals surface area contributed by atoms with Crippen LogP contribution >= 0.6 is 0 Å². The molecule has 0 saturated carbocycles. The number of hydrogen-bond donors (Lipinski definition) is 1. The highest BCUT2D eigenvalue weighted by Crippen LogP contribution is 2.28. The van der Waals surface area contributed by atoms with Crippen molar-refractivity contribution < 1.29 is 57.2 Å². The summed E-state index contributed by atoms with van der Waals surface area (Å²) in [5, 5.41) is 2.51. The van der Waals surface area contributed by atoms with E-state index < -0.39 is 78.6 Å². The molecule has 1 rings (SSSR count). The van der Waals surface area contributed by atoms with Crippen molar-refractivity contribution in [3.63, 3.8) is 0 Å². The van der Waals surface area contributed by atoms with Crippen molar-refractivity contribution in [3.8, 4) is 0 Å². The predicted octanol–water partition coefficient (Wildman–Crippen LogP) is -0.695. The highest BCUT2D eigenvalue weighted by molar-refractivity contribution is 5.86. The average molecular weight is 473 g/mol. The monoisotopic (exact) mass is 473 g/mol. The van der Waals surface area contributed by atoms with Gasteiger partial charge in [-0.25, -0.2) is 4.79 Å². The molecule has 0 saturated heterocycles. The minimum Gasteiger partial charge on any atom is -0.477 e. The van der Waals surface area contributed by atoms with Crippen molar-refractivity contribution in [1.82, 2.24) is 5.32 Å². The molecule has 184 valence electrons. The van der Waals surface area contributed by atoms with Crippen LogP contribution in [0.5, 0.6) is 0 Å². The first-order valence-corrected chi connectivity index (χ1v) is 9.74. The molecule has 3 unspecified atom stereocenters. The Morgan fingerprint density at radius 1 is 0.939 bits per heavy atom. The van der Waals surface area contributed by atoms with Crippen molar-refractivity contribution >= 4 is 35.8 Å². The summed E-state index contributed by atoms with van der Waals surface area (Å²) in [5.74, 6) is -5.07. The first kappa shape index (κ1) is 27.4. The molecule has 13 nitrogen and oxygen atoms in total. The molecule has 0 radical (unpaired) electrons. The van der Waals surface area contributed by atoms with Gasteiger partial charge in [-0.05, 0) is 0 Å². The third kappa shape index (κ3) is 8.79. The molecule has 0 fully saturated rings. The minimum atomic E-state index is -1.52. The topological polar surface area (TPSA) is 170 Å². The molecule has 0 aromatic heterocycles. The van der Waals surface area contributed by atoms with E-state index in [-0.39, 0.29) is 0 Å². The second kappa shape index (κ2) is 12.4. The molecule has 0 aromatic carbocycles. The van der Waals surface area contributed by atoms with Gasteiger partial charge < -0.3 is 33.7 Å². The lowest BCUT2D eigenvalue weighted by Crippen LogP contribution is -2.62. The number of methoxy groups -OCH3 is 1. The molecule has 0 aromatic rings. The maximum Gasteiger partial charge on any atom is 0.373 e. The van der Waals surface area contributed by atoms with Crippen LogP contribution in [0.3, 0.4) is 0 Å². The number of rotatable bonds is 9. The van der Waals surface area contributed by atoms with Gasteiger partial charge in [0.2, 0.25) is 11.7 Å². The van der Waals surface area contributed by atoms with Gasteiger partial charge >= 0.3 is 29.8 Å². The molecule has 1 aliphatic rings. The Bertz CT molecular complexity index is 820. The Morgan fingerprint density at radius 2 is 1.55 bits per heavy atom. The van der Waals surface area contributed by atoms with Gasteiger partial charge in [0, 0.05) is 40.7 Å². The molecular weight excluding hydrogens is 446 g/mol. The maximum absolute atomic E-state index is 12.2. The van der Waals surface area contributed by atoms with Crippen molar-refractivity contribution in [2.75, 3.05) is 13.7 Å². The normalized spacial score (nSPS) is 21.2. The second-order valence-corrected chi connectivity index (χ2v) is 6.93. The molecule has 0 spiro atoms. The Hall–Kier alpha value is -3.64. The zero-order valence-corrected chi connectivity index (χ0v) is 19.1. The average Bonchev–Trinajstić information content (AvgIpc) is 2.68. The third-order valence-electron chi connectivity index (χ3n) is 4.11. The summed E-state index contributed by atoms with van der Waals surface area (Å²) in [6, 6.07) is -1.21. The molecule has 0 bridgehead atoms. The fourth-order valence-electron chi connectivity index (χ4n) is 3.04. The lowest BCUT2D eigenvalue weighted by Gasteiger charge is -2.41. The quantitative estimate of drug-likeness (QED) is 0.331. The molecule has 1 N–H and O–H groups in total. The van der Waals surface area contributed by atoms with Gasteiger partial charge in [-0.1, -0.05) is 0 Å². The number of nitrogens with one attached hydrogen (secondary N) is 1. The van der Waals surface area contributed by atoms with E-state index in [4.69, 9.17) is 23.7 Å². The predicted molar refractivity (Wildman–Crippen MR) is 106 cm³/mol. The molecule has 13 heteroatoms. The Labute approximate surface area is 189 Å². The zero-order valence-electron chi connectivity index (χ0n) is 19.1. The number of ether oxygens (including phenoxy) is 6. The van der Waals surface area contributed by atoms with Crippen LogP contribution in [0.4, 0.5) is 0 Å². The summed E-state index contributed by atoms with van der Waals surface area (Å²) < 4.78 is 30.9. The number of esters is 5. The summed E-state index contributed by atoms with van der Waals surface area (Å²) in [6.07, 6.45) is -4.52. The number of hydrogen-bond acceptors (Lipinski definition) is 12. The largest absolute Gasteiger partial charge is 0.477 e. The van der Waals surface area contributed by atoms with Crippen molar-refractivity contribution in [2.45, 2.75) is 65.1 Å². The summed E-state index contributed by atoms with van der Waals surface area (Å²) in [6.45, 7) is 4.96. The fraction of sp³-hybridized carbons (Fsp3) is 0.600. The lowest BCUT2D eigenvalue weighted by atomic mass is 9.93. The second-order valence-electron chi connectivity index (χ2n) is 6.93. The van der Waals surface area contributed by atoms with E-state index in [0.29, 0.717) is 0 Å². The van der Waals surface area contributed by atoms with Crippen molar-refractivity contribution in [2.24, 2.45) is 0 Å². The van der Waals surface area contributed by atoms with Crippen LogP contribution in [0, 0.1) is 0 Å². The lowest BCUT2D eigenvalue weighted by molar-refractivity contribution is -0.191. The van der Waals surface area contributed by atoms with Crippen LogP contribution in [0.2, 0.25) is 0 Å².